The van der Waals surface area contributed by atoms with E-state index >= 15 is 0 Å². The number of nitrogens with one attached hydrogen (secondary N) is 2. The maximum atomic E-state index is 12.4. The van der Waals surface area contributed by atoms with Gasteiger partial charge in [0.15, 0.2) is 0 Å². The van der Waals surface area contributed by atoms with Gasteiger partial charge < -0.3 is 15.5 Å². The van der Waals surface area contributed by atoms with Crippen LogP contribution in [0.1, 0.15) is 18.9 Å². The van der Waals surface area contributed by atoms with E-state index in [0.717, 1.165) is 23.2 Å². The van der Waals surface area contributed by atoms with Crippen LogP contribution in [-0.2, 0) is 4.79 Å². The van der Waals surface area contributed by atoms with Crippen LogP contribution in [0.2, 0.25) is 0 Å². The van der Waals surface area contributed by atoms with Crippen LogP contribution in [0.4, 0.5) is 10.5 Å². The van der Waals surface area contributed by atoms with Crippen LogP contribution in [-0.4, -0.2) is 36.0 Å². The number of carbonyl (C=O) groups is 2. The summed E-state index contributed by atoms with van der Waals surface area (Å²) in [5, 5.41) is 5.82. The van der Waals surface area contributed by atoms with Crippen molar-refractivity contribution in [3.8, 4) is 11.1 Å². The number of carbonyl (C=O) groups excluding carboxylic acids is 2. The first-order valence-electron chi connectivity index (χ1n) is 8.51. The highest BCUT2D eigenvalue weighted by Crippen LogP contribution is 2.23. The normalized spacial score (nSPS) is 16.6. The summed E-state index contributed by atoms with van der Waals surface area (Å²) in [6.07, 6.45) is 0.788. The number of rotatable bonds is 3. The smallest absolute Gasteiger partial charge is 0.321 e. The van der Waals surface area contributed by atoms with Crippen LogP contribution in [0.5, 0.6) is 0 Å². The van der Waals surface area contributed by atoms with Gasteiger partial charge in [0.05, 0.1) is 0 Å². The summed E-state index contributed by atoms with van der Waals surface area (Å²) in [5.41, 5.74) is 4.17. The summed E-state index contributed by atoms with van der Waals surface area (Å²) in [5.74, 6) is -0.0574. The average molecular weight is 337 g/mol. The summed E-state index contributed by atoms with van der Waals surface area (Å²) >= 11 is 0. The Morgan fingerprint density at radius 2 is 1.84 bits per heavy atom. The third kappa shape index (κ3) is 4.38. The van der Waals surface area contributed by atoms with Gasteiger partial charge in [-0.15, -0.1) is 0 Å². The van der Waals surface area contributed by atoms with Crippen molar-refractivity contribution < 1.29 is 9.59 Å². The molecule has 2 aromatic carbocycles. The van der Waals surface area contributed by atoms with Crippen LogP contribution in [0.25, 0.3) is 11.1 Å². The van der Waals surface area contributed by atoms with Crippen molar-refractivity contribution in [1.29, 1.82) is 0 Å². The number of anilines is 1. The van der Waals surface area contributed by atoms with Gasteiger partial charge in [0, 0.05) is 31.7 Å². The first kappa shape index (κ1) is 17.0. The van der Waals surface area contributed by atoms with Crippen LogP contribution in [0.15, 0.2) is 48.5 Å². The Bertz CT molecular complexity index is 771. The topological polar surface area (TPSA) is 61.4 Å². The summed E-state index contributed by atoms with van der Waals surface area (Å²) < 4.78 is 0. The van der Waals surface area contributed by atoms with Gasteiger partial charge in [-0.25, -0.2) is 4.79 Å². The van der Waals surface area contributed by atoms with Crippen LogP contribution >= 0.6 is 0 Å². The number of benzene rings is 2. The number of urea groups is 1. The monoisotopic (exact) mass is 337 g/mol. The van der Waals surface area contributed by atoms with Gasteiger partial charge in [-0.1, -0.05) is 42.0 Å². The number of aryl methyl sites for hydroxylation is 1. The zero-order chi connectivity index (χ0) is 17.8. The van der Waals surface area contributed by atoms with Gasteiger partial charge in [0.1, 0.15) is 0 Å². The Morgan fingerprint density at radius 3 is 2.56 bits per heavy atom. The average Bonchev–Trinajstić information content (AvgIpc) is 3.03. The minimum atomic E-state index is -0.131. The minimum Gasteiger partial charge on any atom is -0.352 e. The van der Waals surface area contributed by atoms with E-state index in [1.807, 2.05) is 24.3 Å². The van der Waals surface area contributed by atoms with E-state index in [-0.39, 0.29) is 18.0 Å². The third-order valence-corrected chi connectivity index (χ3v) is 4.38. The molecule has 3 amide bonds. The molecule has 0 radical (unpaired) electrons. The molecule has 1 atom stereocenters. The largest absolute Gasteiger partial charge is 0.352 e. The van der Waals surface area contributed by atoms with Gasteiger partial charge in [0.25, 0.3) is 0 Å². The summed E-state index contributed by atoms with van der Waals surface area (Å²) in [6, 6.07) is 16.1. The second kappa shape index (κ2) is 7.38. The van der Waals surface area contributed by atoms with Gasteiger partial charge in [-0.3, -0.25) is 4.79 Å². The molecular weight excluding hydrogens is 314 g/mol. The molecule has 1 heterocycles. The van der Waals surface area contributed by atoms with E-state index < -0.39 is 0 Å². The third-order valence-electron chi connectivity index (χ3n) is 4.38. The van der Waals surface area contributed by atoms with E-state index in [1.165, 1.54) is 12.5 Å². The molecule has 1 aliphatic heterocycles. The Hall–Kier alpha value is -2.82. The van der Waals surface area contributed by atoms with Crippen molar-refractivity contribution >= 4 is 17.6 Å². The molecule has 1 aliphatic rings. The summed E-state index contributed by atoms with van der Waals surface area (Å²) in [4.78, 5) is 25.3. The molecule has 1 fully saturated rings. The van der Waals surface area contributed by atoms with Crippen molar-refractivity contribution in [3.05, 3.63) is 54.1 Å². The SMILES string of the molecule is CC(=O)NC1CCN(C(=O)Nc2cccc(-c3ccc(C)cc3)c2)C1. The molecule has 2 N–H and O–H groups in total. The molecule has 1 saturated heterocycles. The highest BCUT2D eigenvalue weighted by Gasteiger charge is 2.26. The van der Waals surface area contributed by atoms with Gasteiger partial charge in [0.2, 0.25) is 5.91 Å². The zero-order valence-electron chi connectivity index (χ0n) is 14.6. The van der Waals surface area contributed by atoms with Crippen molar-refractivity contribution in [2.45, 2.75) is 26.3 Å². The lowest BCUT2D eigenvalue weighted by Crippen LogP contribution is -2.38. The van der Waals surface area contributed by atoms with Crippen molar-refractivity contribution in [3.63, 3.8) is 0 Å². The molecule has 3 rings (SSSR count). The lowest BCUT2D eigenvalue weighted by atomic mass is 10.0. The Kier molecular flexibility index (Phi) is 5.03. The number of hydrogen-bond donors (Lipinski definition) is 2. The molecule has 0 aliphatic carbocycles. The van der Waals surface area contributed by atoms with Gasteiger partial charge >= 0.3 is 6.03 Å². The lowest BCUT2D eigenvalue weighted by Gasteiger charge is -2.18. The summed E-state index contributed by atoms with van der Waals surface area (Å²) in [6.45, 7) is 4.75. The van der Waals surface area contributed by atoms with Crippen LogP contribution in [0, 0.1) is 6.92 Å². The highest BCUT2D eigenvalue weighted by atomic mass is 16.2. The minimum absolute atomic E-state index is 0.0437. The molecule has 25 heavy (non-hydrogen) atoms. The van der Waals surface area contributed by atoms with Gasteiger partial charge in [-0.05, 0) is 36.6 Å². The Morgan fingerprint density at radius 1 is 1.08 bits per heavy atom. The second-order valence-corrected chi connectivity index (χ2v) is 6.51. The predicted octanol–water partition coefficient (Wildman–Crippen LogP) is 3.40. The molecule has 1 unspecified atom stereocenters. The second-order valence-electron chi connectivity index (χ2n) is 6.51. The van der Waals surface area contributed by atoms with E-state index in [4.69, 9.17) is 0 Å². The maximum Gasteiger partial charge on any atom is 0.321 e. The fraction of sp³-hybridized carbons (Fsp3) is 0.300. The predicted molar refractivity (Wildman–Crippen MR) is 99.4 cm³/mol. The number of likely N-dealkylation sites (tertiary alicyclic amines) is 1. The van der Waals surface area contributed by atoms with Crippen molar-refractivity contribution in [2.75, 3.05) is 18.4 Å². The molecule has 5 heteroatoms. The number of nitrogens with zero attached hydrogens (tertiary/aromatic N) is 1. The molecule has 5 nitrogen and oxygen atoms in total. The van der Waals surface area contributed by atoms with E-state index in [1.54, 1.807) is 4.90 Å². The molecular formula is C20H23N3O2. The first-order valence-corrected chi connectivity index (χ1v) is 8.51. The van der Waals surface area contributed by atoms with E-state index in [2.05, 4.69) is 41.8 Å². The van der Waals surface area contributed by atoms with E-state index in [0.29, 0.717) is 13.1 Å². The lowest BCUT2D eigenvalue weighted by molar-refractivity contribution is -0.119. The molecule has 0 spiro atoms. The van der Waals surface area contributed by atoms with Crippen LogP contribution < -0.4 is 10.6 Å². The molecule has 130 valence electrons. The Labute approximate surface area is 148 Å². The standard InChI is InChI=1S/C20H23N3O2/c1-14-6-8-16(9-7-14)17-4-3-5-18(12-17)22-20(25)23-11-10-19(13-23)21-15(2)24/h3-9,12,19H,10-11,13H2,1-2H3,(H,21,24)(H,22,25). The zero-order valence-corrected chi connectivity index (χ0v) is 14.6. The molecule has 0 bridgehead atoms. The highest BCUT2D eigenvalue weighted by molar-refractivity contribution is 5.90. The number of hydrogen-bond acceptors (Lipinski definition) is 2. The fourth-order valence-corrected chi connectivity index (χ4v) is 3.08. The molecule has 0 aromatic heterocycles. The van der Waals surface area contributed by atoms with Gasteiger partial charge in [-0.2, -0.15) is 0 Å². The number of amides is 3. The maximum absolute atomic E-state index is 12.4. The summed E-state index contributed by atoms with van der Waals surface area (Å²) in [7, 11) is 0. The first-order chi connectivity index (χ1) is 12.0. The van der Waals surface area contributed by atoms with Crippen molar-refractivity contribution in [1.82, 2.24) is 10.2 Å². The fourth-order valence-electron chi connectivity index (χ4n) is 3.08. The quantitative estimate of drug-likeness (QED) is 0.902. The molecule has 0 saturated carbocycles. The molecule has 2 aromatic rings. The Balaban J connectivity index is 1.65. The van der Waals surface area contributed by atoms with Crippen molar-refractivity contribution in [2.24, 2.45) is 0 Å². The van der Waals surface area contributed by atoms with E-state index in [9.17, 15) is 9.59 Å². The van der Waals surface area contributed by atoms with Crippen LogP contribution in [0.3, 0.4) is 0 Å².